The highest BCUT2D eigenvalue weighted by molar-refractivity contribution is 6.14. The van der Waals surface area contributed by atoms with Gasteiger partial charge in [0.25, 0.3) is 0 Å². The summed E-state index contributed by atoms with van der Waals surface area (Å²) in [6.07, 6.45) is 0. The van der Waals surface area contributed by atoms with Gasteiger partial charge in [0.2, 0.25) is 0 Å². The van der Waals surface area contributed by atoms with Crippen LogP contribution in [0.3, 0.4) is 0 Å². The molecule has 410 valence electrons. The van der Waals surface area contributed by atoms with Gasteiger partial charge in [-0.2, -0.15) is 0 Å². The van der Waals surface area contributed by atoms with Crippen molar-refractivity contribution in [3.63, 3.8) is 0 Å². The molecule has 5 heterocycles. The van der Waals surface area contributed by atoms with Crippen LogP contribution in [0.15, 0.2) is 309 Å². The maximum absolute atomic E-state index is 5.26. The van der Waals surface area contributed by atoms with Crippen molar-refractivity contribution in [1.82, 2.24) is 33.2 Å². The number of fused-ring (bicyclic) bond motifs is 12. The van der Waals surface area contributed by atoms with Crippen molar-refractivity contribution >= 4 is 87.2 Å². The summed E-state index contributed by atoms with van der Waals surface area (Å²) >= 11 is 0. The number of aromatic nitrogens is 7. The molecule has 0 amide bonds. The molecule has 0 aliphatic carbocycles. The van der Waals surface area contributed by atoms with Crippen molar-refractivity contribution in [2.24, 2.45) is 0 Å². The third kappa shape index (κ3) is 7.81. The normalized spacial score (nSPS) is 11.9. The highest BCUT2D eigenvalue weighted by Crippen LogP contribution is 2.43. The van der Waals surface area contributed by atoms with E-state index in [0.29, 0.717) is 17.5 Å². The van der Waals surface area contributed by atoms with E-state index in [-0.39, 0.29) is 0 Å². The van der Waals surface area contributed by atoms with Crippen molar-refractivity contribution < 1.29 is 0 Å². The summed E-state index contributed by atoms with van der Waals surface area (Å²) < 4.78 is 9.62. The van der Waals surface area contributed by atoms with Crippen LogP contribution in [0.5, 0.6) is 0 Å². The van der Waals surface area contributed by atoms with E-state index in [9.17, 15) is 0 Å². The third-order valence-corrected chi connectivity index (χ3v) is 17.8. The van der Waals surface area contributed by atoms with Crippen molar-refractivity contribution in [3.8, 4) is 79.2 Å². The maximum atomic E-state index is 5.26. The molecule has 0 unspecified atom stereocenters. The molecule has 0 spiro atoms. The molecule has 7 heteroatoms. The Labute approximate surface area is 506 Å². The summed E-state index contributed by atoms with van der Waals surface area (Å²) in [5.74, 6) is 1.82. The predicted molar refractivity (Wildman–Crippen MR) is 364 cm³/mol. The van der Waals surface area contributed by atoms with Crippen LogP contribution in [-0.2, 0) is 0 Å². The summed E-state index contributed by atoms with van der Waals surface area (Å²) in [7, 11) is 0. The van der Waals surface area contributed by atoms with Crippen molar-refractivity contribution in [1.29, 1.82) is 0 Å². The number of para-hydroxylation sites is 7. The van der Waals surface area contributed by atoms with Gasteiger partial charge in [-0.05, 0) is 114 Å². The molecule has 0 bridgehead atoms. The van der Waals surface area contributed by atoms with E-state index in [4.69, 9.17) is 15.0 Å². The Kier molecular flexibility index (Phi) is 11.2. The second kappa shape index (κ2) is 19.8. The number of hydrogen-bond donors (Lipinski definition) is 0. The van der Waals surface area contributed by atoms with Crippen LogP contribution >= 0.6 is 0 Å². The first-order valence-corrected chi connectivity index (χ1v) is 29.9. The Morgan fingerprint density at radius 3 is 1.10 bits per heavy atom. The van der Waals surface area contributed by atoms with Crippen molar-refractivity contribution in [2.75, 3.05) is 0 Å². The van der Waals surface area contributed by atoms with Crippen LogP contribution in [-0.4, -0.2) is 33.2 Å². The van der Waals surface area contributed by atoms with E-state index < -0.39 is 0 Å². The molecule has 13 aromatic carbocycles. The molecular weight excluding hydrogens is 1070 g/mol. The fourth-order valence-electron chi connectivity index (χ4n) is 13.8. The quantitative estimate of drug-likeness (QED) is 0.145. The van der Waals surface area contributed by atoms with E-state index >= 15 is 0 Å². The first kappa shape index (κ1) is 49.5. The second-order valence-corrected chi connectivity index (χ2v) is 22.7. The van der Waals surface area contributed by atoms with Crippen LogP contribution < -0.4 is 0 Å². The lowest BCUT2D eigenvalue weighted by molar-refractivity contribution is 1.07. The molecular formula is C81H51N7. The molecule has 5 aromatic heterocycles. The minimum Gasteiger partial charge on any atom is -0.309 e. The zero-order valence-electron chi connectivity index (χ0n) is 47.6. The topological polar surface area (TPSA) is 58.4 Å². The Morgan fingerprint density at radius 1 is 0.182 bits per heavy atom. The number of rotatable bonds is 9. The zero-order valence-corrected chi connectivity index (χ0v) is 47.6. The fourth-order valence-corrected chi connectivity index (χ4v) is 13.8. The average molecular weight is 1120 g/mol. The van der Waals surface area contributed by atoms with Gasteiger partial charge in [-0.1, -0.05) is 212 Å². The Balaban J connectivity index is 0.787. The Bertz CT molecular complexity index is 5650. The molecule has 0 fully saturated rings. The summed E-state index contributed by atoms with van der Waals surface area (Å²) in [4.78, 5) is 15.6. The molecule has 18 rings (SSSR count). The lowest BCUT2D eigenvalue weighted by Crippen LogP contribution is -2.01. The van der Waals surface area contributed by atoms with Gasteiger partial charge in [0.1, 0.15) is 0 Å². The lowest BCUT2D eigenvalue weighted by Gasteiger charge is -2.17. The summed E-state index contributed by atoms with van der Waals surface area (Å²) in [6, 6.07) is 111. The Hall–Kier alpha value is -11.9. The van der Waals surface area contributed by atoms with Crippen LogP contribution in [0.2, 0.25) is 0 Å². The van der Waals surface area contributed by atoms with Gasteiger partial charge in [-0.15, -0.1) is 0 Å². The average Bonchev–Trinajstić information content (AvgIpc) is 1.77. The van der Waals surface area contributed by atoms with Crippen LogP contribution in [0.4, 0.5) is 0 Å². The van der Waals surface area contributed by atoms with E-state index in [2.05, 4.69) is 309 Å². The first-order chi connectivity index (χ1) is 43.6. The van der Waals surface area contributed by atoms with E-state index in [1.807, 2.05) is 18.2 Å². The van der Waals surface area contributed by atoms with E-state index in [1.165, 1.54) is 54.1 Å². The standard InChI is InChI=1S/C81H51N7/c1-3-20-53(21-4-1)79-82-80(84-81(83-79)57-22-19-25-59(48-57)86-70-32-13-7-26-61(70)62-27-8-14-33-71(62)86)54-40-38-52(39-41-54)55-42-46-76(88-74-36-17-11-30-65(74)66-31-12-18-37-75(66)88)68(49-55)56-43-47-77-69(50-56)67-45-44-60(51-78(67)85(77)58-23-5-2-6-24-58)87-72-34-15-9-28-63(72)64-29-10-16-35-73(64)87/h1-51H. The predicted octanol–water partition coefficient (Wildman–Crippen LogP) is 20.6. The van der Waals surface area contributed by atoms with Gasteiger partial charge >= 0.3 is 0 Å². The van der Waals surface area contributed by atoms with Gasteiger partial charge in [0.15, 0.2) is 17.5 Å². The van der Waals surface area contributed by atoms with Gasteiger partial charge < -0.3 is 18.3 Å². The molecule has 0 aliphatic rings. The molecule has 0 saturated heterocycles. The second-order valence-electron chi connectivity index (χ2n) is 22.7. The molecule has 88 heavy (non-hydrogen) atoms. The summed E-state index contributed by atoms with van der Waals surface area (Å²) in [6.45, 7) is 0. The van der Waals surface area contributed by atoms with Gasteiger partial charge in [-0.3, -0.25) is 0 Å². The van der Waals surface area contributed by atoms with Crippen molar-refractivity contribution in [2.45, 2.75) is 0 Å². The zero-order chi connectivity index (χ0) is 57.8. The number of nitrogens with zero attached hydrogens (tertiary/aromatic N) is 7. The van der Waals surface area contributed by atoms with Crippen LogP contribution in [0, 0.1) is 0 Å². The van der Waals surface area contributed by atoms with Crippen LogP contribution in [0.1, 0.15) is 0 Å². The molecule has 0 N–H and O–H groups in total. The summed E-state index contributed by atoms with van der Waals surface area (Å²) in [5.41, 5.74) is 20.8. The SMILES string of the molecule is c1ccc(-c2nc(-c3ccc(-c4ccc(-n5c6ccccc6c6ccccc65)c(-c5ccc6c(c5)c5ccc(-n7c8ccccc8c8ccccc87)cc5n6-c5ccccc5)c4)cc3)nc(-c3cccc(-n4c5ccccc5c5ccccc54)c3)n2)cc1. The van der Waals surface area contributed by atoms with Crippen LogP contribution in [0.25, 0.3) is 166 Å². The molecule has 0 atom stereocenters. The molecule has 18 aromatic rings. The van der Waals surface area contributed by atoms with Gasteiger partial charge in [-0.25, -0.2) is 15.0 Å². The van der Waals surface area contributed by atoms with E-state index in [1.54, 1.807) is 0 Å². The minimum absolute atomic E-state index is 0.602. The fraction of sp³-hybridized carbons (Fsp3) is 0. The monoisotopic (exact) mass is 1120 g/mol. The Morgan fingerprint density at radius 2 is 0.557 bits per heavy atom. The van der Waals surface area contributed by atoms with E-state index in [0.717, 1.165) is 94.8 Å². The number of hydrogen-bond acceptors (Lipinski definition) is 3. The van der Waals surface area contributed by atoms with Gasteiger partial charge in [0, 0.05) is 82.4 Å². The first-order valence-electron chi connectivity index (χ1n) is 29.9. The third-order valence-electron chi connectivity index (χ3n) is 17.8. The molecule has 0 aliphatic heterocycles. The molecule has 0 saturated carbocycles. The highest BCUT2D eigenvalue weighted by Gasteiger charge is 2.22. The lowest BCUT2D eigenvalue weighted by atomic mass is 9.95. The maximum Gasteiger partial charge on any atom is 0.164 e. The largest absolute Gasteiger partial charge is 0.309 e. The molecule has 0 radical (unpaired) electrons. The minimum atomic E-state index is 0.602. The summed E-state index contributed by atoms with van der Waals surface area (Å²) in [5, 5.41) is 9.72. The smallest absolute Gasteiger partial charge is 0.164 e. The van der Waals surface area contributed by atoms with Crippen molar-refractivity contribution in [3.05, 3.63) is 309 Å². The number of benzene rings is 13. The highest BCUT2D eigenvalue weighted by atomic mass is 15.0. The molecule has 7 nitrogen and oxygen atoms in total. The van der Waals surface area contributed by atoms with Gasteiger partial charge in [0.05, 0.1) is 49.8 Å².